The molecule has 26 heavy (non-hydrogen) atoms. The predicted molar refractivity (Wildman–Crippen MR) is 91.9 cm³/mol. The number of ether oxygens (including phenoxy) is 3. The molecule has 4 fully saturated rings. The van der Waals surface area contributed by atoms with E-state index in [-0.39, 0.29) is 17.6 Å². The standard InChI is InChI=1S/C20H26O6/c1-6-9(2)17(22)24-13-12-10(3)18(23)25-14(12)16(21)20(5)11-7-8-19(4,26-11)15(13)20/h6,11-16,21H,3,7-8H2,1-2,4-5H3/b9-6-/t11-,12+,13+,14+,15+,16-,19+,20+/m1/s1. The SMILES string of the molecule is C=C1C(=O)O[C@H]2[C@@H]1[C@H](OC(=O)/C(C)=C\C)[C@@H]1[C@@](C)([C@@H]2O)[C@H]2CC[C@]1(C)O2. The summed E-state index contributed by atoms with van der Waals surface area (Å²) in [6.45, 7) is 11.3. The van der Waals surface area contributed by atoms with E-state index in [0.29, 0.717) is 5.57 Å². The number of hydrogen-bond acceptors (Lipinski definition) is 6. The minimum absolute atomic E-state index is 0.148. The van der Waals surface area contributed by atoms with Crippen LogP contribution in [0.5, 0.6) is 0 Å². The summed E-state index contributed by atoms with van der Waals surface area (Å²) in [6.07, 6.45) is 0.953. The first-order valence-electron chi connectivity index (χ1n) is 9.24. The van der Waals surface area contributed by atoms with Gasteiger partial charge in [-0.2, -0.15) is 0 Å². The molecule has 0 aromatic heterocycles. The van der Waals surface area contributed by atoms with E-state index in [2.05, 4.69) is 6.58 Å². The molecule has 0 amide bonds. The average Bonchev–Trinajstić information content (AvgIpc) is 3.20. The van der Waals surface area contributed by atoms with Crippen LogP contribution in [0.2, 0.25) is 0 Å². The van der Waals surface area contributed by atoms with Crippen LogP contribution in [-0.4, -0.2) is 47.1 Å². The molecular weight excluding hydrogens is 336 g/mol. The summed E-state index contributed by atoms with van der Waals surface area (Å²) in [5.41, 5.74) is -0.391. The number of carbonyl (C=O) groups is 2. The first kappa shape index (κ1) is 17.7. The van der Waals surface area contributed by atoms with E-state index in [1.54, 1.807) is 19.9 Å². The first-order valence-corrected chi connectivity index (χ1v) is 9.24. The molecular formula is C20H26O6. The molecule has 4 aliphatic rings. The van der Waals surface area contributed by atoms with Crippen molar-refractivity contribution in [2.75, 3.05) is 0 Å². The Balaban J connectivity index is 1.81. The fraction of sp³-hybridized carbons (Fsp3) is 0.700. The molecule has 0 aromatic carbocycles. The maximum absolute atomic E-state index is 12.6. The van der Waals surface area contributed by atoms with Crippen molar-refractivity contribution in [3.8, 4) is 0 Å². The maximum Gasteiger partial charge on any atom is 0.334 e. The molecule has 2 bridgehead atoms. The fourth-order valence-corrected chi connectivity index (χ4v) is 5.75. The summed E-state index contributed by atoms with van der Waals surface area (Å²) in [6, 6.07) is 0. The summed E-state index contributed by atoms with van der Waals surface area (Å²) < 4.78 is 17.7. The van der Waals surface area contributed by atoms with Crippen molar-refractivity contribution in [1.29, 1.82) is 0 Å². The van der Waals surface area contributed by atoms with Crippen LogP contribution in [-0.2, 0) is 23.8 Å². The number of hydrogen-bond donors (Lipinski definition) is 1. The minimum Gasteiger partial charge on any atom is -0.458 e. The lowest BCUT2D eigenvalue weighted by molar-refractivity contribution is -0.202. The van der Waals surface area contributed by atoms with Crippen LogP contribution in [0.15, 0.2) is 23.8 Å². The number of rotatable bonds is 2. The molecule has 0 spiro atoms. The molecule has 0 unspecified atom stereocenters. The molecule has 1 N–H and O–H groups in total. The number of esters is 2. The van der Waals surface area contributed by atoms with Crippen molar-refractivity contribution in [2.45, 2.75) is 70.6 Å². The van der Waals surface area contributed by atoms with E-state index < -0.39 is 47.2 Å². The van der Waals surface area contributed by atoms with Crippen LogP contribution in [0.4, 0.5) is 0 Å². The smallest absolute Gasteiger partial charge is 0.334 e. The number of carbonyl (C=O) groups excluding carboxylic acids is 2. The van der Waals surface area contributed by atoms with Crippen molar-refractivity contribution >= 4 is 11.9 Å². The highest BCUT2D eigenvalue weighted by molar-refractivity contribution is 5.92. The van der Waals surface area contributed by atoms with Gasteiger partial charge >= 0.3 is 11.9 Å². The summed E-state index contributed by atoms with van der Waals surface area (Å²) >= 11 is 0. The minimum atomic E-state index is -0.884. The largest absolute Gasteiger partial charge is 0.458 e. The third-order valence-electron chi connectivity index (χ3n) is 7.23. The van der Waals surface area contributed by atoms with E-state index in [9.17, 15) is 14.7 Å². The zero-order chi connectivity index (χ0) is 19.0. The Kier molecular flexibility index (Phi) is 3.70. The van der Waals surface area contributed by atoms with E-state index in [4.69, 9.17) is 14.2 Å². The molecule has 1 saturated carbocycles. The number of fused-ring (bicyclic) bond motifs is 6. The van der Waals surface area contributed by atoms with Crippen molar-refractivity contribution in [1.82, 2.24) is 0 Å². The lowest BCUT2D eigenvalue weighted by Gasteiger charge is -2.54. The van der Waals surface area contributed by atoms with Crippen molar-refractivity contribution in [2.24, 2.45) is 17.3 Å². The molecule has 8 atom stereocenters. The molecule has 3 heterocycles. The zero-order valence-corrected chi connectivity index (χ0v) is 15.7. The van der Waals surface area contributed by atoms with Gasteiger partial charge in [-0.05, 0) is 33.6 Å². The predicted octanol–water partition coefficient (Wildman–Crippen LogP) is 1.91. The topological polar surface area (TPSA) is 82.1 Å². The van der Waals surface area contributed by atoms with Crippen LogP contribution in [0.1, 0.15) is 40.5 Å². The fourth-order valence-electron chi connectivity index (χ4n) is 5.75. The van der Waals surface area contributed by atoms with E-state index >= 15 is 0 Å². The molecule has 3 saturated heterocycles. The quantitative estimate of drug-likeness (QED) is 0.597. The van der Waals surface area contributed by atoms with Gasteiger partial charge in [0, 0.05) is 22.5 Å². The van der Waals surface area contributed by atoms with Crippen LogP contribution >= 0.6 is 0 Å². The highest BCUT2D eigenvalue weighted by atomic mass is 16.6. The normalized spacial score (nSPS) is 49.7. The van der Waals surface area contributed by atoms with Crippen molar-refractivity contribution < 1.29 is 28.9 Å². The second kappa shape index (κ2) is 5.42. The monoisotopic (exact) mass is 362 g/mol. The molecule has 6 nitrogen and oxygen atoms in total. The first-order chi connectivity index (χ1) is 12.1. The van der Waals surface area contributed by atoms with Gasteiger partial charge in [0.25, 0.3) is 0 Å². The van der Waals surface area contributed by atoms with Crippen molar-refractivity contribution in [3.63, 3.8) is 0 Å². The van der Waals surface area contributed by atoms with Crippen LogP contribution in [0.3, 0.4) is 0 Å². The molecule has 4 rings (SSSR count). The number of allylic oxidation sites excluding steroid dienone is 1. The Morgan fingerprint density at radius 3 is 2.77 bits per heavy atom. The average molecular weight is 362 g/mol. The second-order valence-corrected chi connectivity index (χ2v) is 8.51. The number of aliphatic hydroxyl groups excluding tert-OH is 1. The molecule has 0 radical (unpaired) electrons. The van der Waals surface area contributed by atoms with Crippen LogP contribution in [0.25, 0.3) is 0 Å². The molecule has 0 aromatic rings. The molecule has 142 valence electrons. The third-order valence-corrected chi connectivity index (χ3v) is 7.23. The van der Waals surface area contributed by atoms with Gasteiger partial charge in [0.15, 0.2) is 0 Å². The summed E-state index contributed by atoms with van der Waals surface area (Å²) in [5.74, 6) is -1.73. The van der Waals surface area contributed by atoms with Gasteiger partial charge < -0.3 is 19.3 Å². The van der Waals surface area contributed by atoms with Gasteiger partial charge in [0.2, 0.25) is 0 Å². The number of aliphatic hydroxyl groups is 1. The maximum atomic E-state index is 12.6. The van der Waals surface area contributed by atoms with Gasteiger partial charge in [-0.3, -0.25) is 0 Å². The van der Waals surface area contributed by atoms with Gasteiger partial charge in [-0.1, -0.05) is 19.6 Å². The van der Waals surface area contributed by atoms with Gasteiger partial charge in [0.05, 0.1) is 17.6 Å². The highest BCUT2D eigenvalue weighted by Crippen LogP contribution is 2.66. The van der Waals surface area contributed by atoms with Crippen LogP contribution in [0, 0.1) is 17.3 Å². The zero-order valence-electron chi connectivity index (χ0n) is 15.7. The summed E-state index contributed by atoms with van der Waals surface area (Å²) in [7, 11) is 0. The lowest BCUT2D eigenvalue weighted by atomic mass is 9.51. The van der Waals surface area contributed by atoms with Gasteiger partial charge in [0.1, 0.15) is 18.3 Å². The Morgan fingerprint density at radius 1 is 1.42 bits per heavy atom. The Hall–Kier alpha value is -1.66. The molecule has 3 aliphatic heterocycles. The molecule has 6 heteroatoms. The van der Waals surface area contributed by atoms with E-state index in [0.717, 1.165) is 12.8 Å². The van der Waals surface area contributed by atoms with E-state index in [1.165, 1.54) is 0 Å². The van der Waals surface area contributed by atoms with E-state index in [1.807, 2.05) is 13.8 Å². The Bertz CT molecular complexity index is 726. The lowest BCUT2D eigenvalue weighted by Crippen LogP contribution is -2.65. The second-order valence-electron chi connectivity index (χ2n) is 8.51. The summed E-state index contributed by atoms with van der Waals surface area (Å²) in [5, 5.41) is 11.1. The van der Waals surface area contributed by atoms with Gasteiger partial charge in [-0.25, -0.2) is 9.59 Å². The third kappa shape index (κ3) is 2.00. The summed E-state index contributed by atoms with van der Waals surface area (Å²) in [4.78, 5) is 24.7. The highest BCUT2D eigenvalue weighted by Gasteiger charge is 2.75. The Labute approximate surface area is 153 Å². The molecule has 1 aliphatic carbocycles. The van der Waals surface area contributed by atoms with Gasteiger partial charge in [-0.15, -0.1) is 0 Å². The van der Waals surface area contributed by atoms with Crippen LogP contribution < -0.4 is 0 Å². The Morgan fingerprint density at radius 2 is 2.12 bits per heavy atom. The van der Waals surface area contributed by atoms with Crippen molar-refractivity contribution in [3.05, 3.63) is 23.8 Å².